The molecule has 17 heavy (non-hydrogen) atoms. The summed E-state index contributed by atoms with van der Waals surface area (Å²) in [5, 5.41) is 0. The average Bonchev–Trinajstić information content (AvgIpc) is 2.60. The number of nitrogens with zero attached hydrogens (tertiary/aromatic N) is 1. The molecular weight excluding hydrogens is 224 g/mol. The molecule has 2 rings (SSSR count). The zero-order valence-electron chi connectivity index (χ0n) is 9.66. The lowest BCUT2D eigenvalue weighted by atomic mass is 10.1. The Morgan fingerprint density at radius 1 is 1.29 bits per heavy atom. The molecule has 7 heteroatoms. The predicted octanol–water partition coefficient (Wildman–Crippen LogP) is -0.236. The lowest BCUT2D eigenvalue weighted by Gasteiger charge is -2.06. The molecule has 1 unspecified atom stereocenters. The molecule has 0 fully saturated rings. The predicted molar refractivity (Wildman–Crippen MR) is 62.1 cm³/mol. The summed E-state index contributed by atoms with van der Waals surface area (Å²) < 4.78 is 5.03. The maximum Gasteiger partial charge on any atom is 0.327 e. The second kappa shape index (κ2) is 4.54. The second-order valence-corrected chi connectivity index (χ2v) is 4.08. The van der Waals surface area contributed by atoms with Crippen molar-refractivity contribution in [1.29, 1.82) is 0 Å². The number of hydrogen-bond acceptors (Lipinski definition) is 4. The normalized spacial score (nSPS) is 13.1. The molecule has 0 saturated carbocycles. The number of fused-ring (bicyclic) bond motifs is 1. The molecular formula is C10H14N4O3. The summed E-state index contributed by atoms with van der Waals surface area (Å²) in [5.41, 5.74) is -0.421. The van der Waals surface area contributed by atoms with Crippen molar-refractivity contribution < 1.29 is 4.74 Å². The van der Waals surface area contributed by atoms with Crippen LogP contribution in [0.5, 0.6) is 0 Å². The van der Waals surface area contributed by atoms with E-state index in [1.807, 2.05) is 6.92 Å². The lowest BCUT2D eigenvalue weighted by molar-refractivity contribution is 0.159. The van der Waals surface area contributed by atoms with Crippen molar-refractivity contribution in [2.45, 2.75) is 13.3 Å². The molecule has 0 aliphatic carbocycles. The third kappa shape index (κ3) is 2.44. The highest BCUT2D eigenvalue weighted by molar-refractivity contribution is 5.68. The van der Waals surface area contributed by atoms with E-state index in [9.17, 15) is 9.59 Å². The Balaban J connectivity index is 2.35. The van der Waals surface area contributed by atoms with Gasteiger partial charge in [0.2, 0.25) is 0 Å². The Morgan fingerprint density at radius 3 is 2.76 bits per heavy atom. The highest BCUT2D eigenvalue weighted by atomic mass is 16.5. The van der Waals surface area contributed by atoms with Crippen molar-refractivity contribution in [2.75, 3.05) is 13.7 Å². The van der Waals surface area contributed by atoms with E-state index >= 15 is 0 Å². The van der Waals surface area contributed by atoms with Gasteiger partial charge < -0.3 is 9.72 Å². The minimum absolute atomic E-state index is 0.284. The highest BCUT2D eigenvalue weighted by Crippen LogP contribution is 2.08. The number of rotatable bonds is 4. The number of ether oxygens (including phenoxy) is 1. The smallest absolute Gasteiger partial charge is 0.327 e. The van der Waals surface area contributed by atoms with Crippen molar-refractivity contribution in [2.24, 2.45) is 5.92 Å². The van der Waals surface area contributed by atoms with E-state index in [1.54, 1.807) is 7.11 Å². The summed E-state index contributed by atoms with van der Waals surface area (Å²) in [4.78, 5) is 34.2. The Hall–Kier alpha value is -1.89. The first-order valence-electron chi connectivity index (χ1n) is 5.30. The van der Waals surface area contributed by atoms with Crippen molar-refractivity contribution in [1.82, 2.24) is 19.9 Å². The van der Waals surface area contributed by atoms with Crippen LogP contribution in [-0.2, 0) is 11.2 Å². The van der Waals surface area contributed by atoms with Gasteiger partial charge in [-0.15, -0.1) is 0 Å². The Labute approximate surface area is 96.2 Å². The van der Waals surface area contributed by atoms with Gasteiger partial charge in [0.05, 0.1) is 0 Å². The van der Waals surface area contributed by atoms with Gasteiger partial charge in [0.25, 0.3) is 5.56 Å². The van der Waals surface area contributed by atoms with Gasteiger partial charge in [-0.2, -0.15) is 0 Å². The summed E-state index contributed by atoms with van der Waals surface area (Å²) in [5.74, 6) is 0.947. The number of nitrogens with one attached hydrogen (secondary N) is 3. The third-order valence-corrected chi connectivity index (χ3v) is 2.43. The molecule has 2 aromatic heterocycles. The molecule has 2 heterocycles. The maximum absolute atomic E-state index is 11.5. The van der Waals surface area contributed by atoms with E-state index in [0.29, 0.717) is 30.0 Å². The van der Waals surface area contributed by atoms with Gasteiger partial charge in [0.1, 0.15) is 11.3 Å². The standard InChI is InChI=1S/C10H14N4O3/c1-5(4-17-2)3-6-11-7-8(12-6)13-10(16)14-9(7)15/h5H,3-4H2,1-2H3,(H3,11,12,13,14,15,16). The van der Waals surface area contributed by atoms with Crippen molar-refractivity contribution in [3.63, 3.8) is 0 Å². The van der Waals surface area contributed by atoms with E-state index in [-0.39, 0.29) is 5.92 Å². The maximum atomic E-state index is 11.5. The van der Waals surface area contributed by atoms with Crippen LogP contribution in [0.2, 0.25) is 0 Å². The SMILES string of the molecule is COCC(C)Cc1nc2[nH]c(=O)[nH]c(=O)c2[nH]1. The Kier molecular flexibility index (Phi) is 3.10. The number of H-pyrrole nitrogens is 3. The first-order chi connectivity index (χ1) is 8.10. The molecule has 0 aliphatic heterocycles. The number of hydrogen-bond donors (Lipinski definition) is 3. The van der Waals surface area contributed by atoms with Crippen LogP contribution in [0.3, 0.4) is 0 Å². The summed E-state index contributed by atoms with van der Waals surface area (Å²) in [6, 6.07) is 0. The van der Waals surface area contributed by atoms with Crippen LogP contribution in [-0.4, -0.2) is 33.7 Å². The fourth-order valence-corrected chi connectivity index (χ4v) is 1.75. The van der Waals surface area contributed by atoms with Crippen LogP contribution in [0.15, 0.2) is 9.59 Å². The van der Waals surface area contributed by atoms with Gasteiger partial charge in [-0.1, -0.05) is 6.92 Å². The fraction of sp³-hybridized carbons (Fsp3) is 0.500. The fourth-order valence-electron chi connectivity index (χ4n) is 1.75. The average molecular weight is 238 g/mol. The Bertz CT molecular complexity index is 624. The minimum Gasteiger partial charge on any atom is -0.384 e. The molecule has 0 spiro atoms. The molecule has 3 N–H and O–H groups in total. The number of aromatic amines is 3. The number of methoxy groups -OCH3 is 1. The van der Waals surface area contributed by atoms with Crippen LogP contribution in [0.4, 0.5) is 0 Å². The van der Waals surface area contributed by atoms with E-state index < -0.39 is 11.2 Å². The summed E-state index contributed by atoms with van der Waals surface area (Å²) in [6.07, 6.45) is 0.657. The van der Waals surface area contributed by atoms with Crippen molar-refractivity contribution in [3.8, 4) is 0 Å². The molecule has 2 aromatic rings. The number of aromatic nitrogens is 4. The first kappa shape index (κ1) is 11.6. The van der Waals surface area contributed by atoms with Crippen LogP contribution >= 0.6 is 0 Å². The summed E-state index contributed by atoms with van der Waals surface area (Å²) in [6.45, 7) is 2.63. The Morgan fingerprint density at radius 2 is 2.06 bits per heavy atom. The van der Waals surface area contributed by atoms with E-state index in [4.69, 9.17) is 4.74 Å². The molecule has 1 atom stereocenters. The van der Waals surface area contributed by atoms with Crippen molar-refractivity contribution >= 4 is 11.2 Å². The monoisotopic (exact) mass is 238 g/mol. The summed E-state index contributed by atoms with van der Waals surface area (Å²) in [7, 11) is 1.64. The van der Waals surface area contributed by atoms with Gasteiger partial charge in [-0.05, 0) is 5.92 Å². The topological polar surface area (TPSA) is 104 Å². The lowest BCUT2D eigenvalue weighted by Crippen LogP contribution is -2.21. The zero-order valence-corrected chi connectivity index (χ0v) is 9.66. The molecule has 0 aliphatic rings. The van der Waals surface area contributed by atoms with Gasteiger partial charge >= 0.3 is 5.69 Å². The zero-order chi connectivity index (χ0) is 12.4. The molecule has 0 bridgehead atoms. The van der Waals surface area contributed by atoms with Crippen LogP contribution in [0.25, 0.3) is 11.2 Å². The molecule has 0 amide bonds. The van der Waals surface area contributed by atoms with E-state index in [0.717, 1.165) is 0 Å². The van der Waals surface area contributed by atoms with E-state index in [1.165, 1.54) is 0 Å². The summed E-state index contributed by atoms with van der Waals surface area (Å²) >= 11 is 0. The van der Waals surface area contributed by atoms with Crippen molar-refractivity contribution in [3.05, 3.63) is 26.7 Å². The van der Waals surface area contributed by atoms with Crippen LogP contribution in [0, 0.1) is 5.92 Å². The second-order valence-electron chi connectivity index (χ2n) is 4.08. The molecule has 92 valence electrons. The molecule has 0 saturated heterocycles. The molecule has 0 radical (unpaired) electrons. The van der Waals surface area contributed by atoms with Gasteiger partial charge in [-0.3, -0.25) is 14.8 Å². The number of imidazole rings is 1. The minimum atomic E-state index is -0.550. The third-order valence-electron chi connectivity index (χ3n) is 2.43. The largest absolute Gasteiger partial charge is 0.384 e. The highest BCUT2D eigenvalue weighted by Gasteiger charge is 2.10. The first-order valence-corrected chi connectivity index (χ1v) is 5.30. The molecule has 0 aromatic carbocycles. The van der Waals surface area contributed by atoms with Crippen LogP contribution in [0.1, 0.15) is 12.7 Å². The quantitative estimate of drug-likeness (QED) is 0.684. The van der Waals surface area contributed by atoms with Gasteiger partial charge in [0, 0.05) is 20.1 Å². The van der Waals surface area contributed by atoms with Gasteiger partial charge in [0.15, 0.2) is 5.65 Å². The van der Waals surface area contributed by atoms with Gasteiger partial charge in [-0.25, -0.2) is 9.78 Å². The molecule has 7 nitrogen and oxygen atoms in total. The van der Waals surface area contributed by atoms with E-state index in [2.05, 4.69) is 19.9 Å². The van der Waals surface area contributed by atoms with Crippen LogP contribution < -0.4 is 11.2 Å².